The highest BCUT2D eigenvalue weighted by Crippen LogP contribution is 2.10. The van der Waals surface area contributed by atoms with Crippen molar-refractivity contribution in [3.8, 4) is 0 Å². The highest BCUT2D eigenvalue weighted by atomic mass is 16.6. The van der Waals surface area contributed by atoms with Crippen molar-refractivity contribution in [2.75, 3.05) is 39.8 Å². The topological polar surface area (TPSA) is 73.9 Å². The molecule has 23 heavy (non-hydrogen) atoms. The molecule has 0 saturated carbocycles. The third-order valence-corrected chi connectivity index (χ3v) is 3.75. The molecule has 134 valence electrons. The van der Waals surface area contributed by atoms with Crippen LogP contribution in [0.5, 0.6) is 0 Å². The van der Waals surface area contributed by atoms with E-state index >= 15 is 0 Å². The lowest BCUT2D eigenvalue weighted by molar-refractivity contribution is 0.0262. The molecule has 0 radical (unpaired) electrons. The number of nitrogens with one attached hydrogen (secondary N) is 2. The number of rotatable bonds is 5. The quantitative estimate of drug-likeness (QED) is 0.804. The number of carbonyl (C=O) groups excluding carboxylic acids is 2. The van der Waals surface area contributed by atoms with E-state index in [2.05, 4.69) is 22.6 Å². The van der Waals surface area contributed by atoms with Crippen LogP contribution in [0.2, 0.25) is 0 Å². The smallest absolute Gasteiger partial charge is 0.410 e. The number of likely N-dealkylation sites (N-methyl/N-ethyl adjacent to an activating group) is 1. The summed E-state index contributed by atoms with van der Waals surface area (Å²) in [7, 11) is 2.09. The molecule has 0 aliphatic carbocycles. The van der Waals surface area contributed by atoms with Crippen LogP contribution in [-0.2, 0) is 4.74 Å². The van der Waals surface area contributed by atoms with E-state index in [4.69, 9.17) is 4.74 Å². The van der Waals surface area contributed by atoms with Crippen molar-refractivity contribution >= 4 is 12.1 Å². The number of nitrogens with zero attached hydrogens (tertiary/aromatic N) is 2. The Kier molecular flexibility index (Phi) is 7.61. The number of hydrogen-bond donors (Lipinski definition) is 2. The van der Waals surface area contributed by atoms with Gasteiger partial charge in [-0.2, -0.15) is 0 Å². The van der Waals surface area contributed by atoms with Gasteiger partial charge in [-0.25, -0.2) is 9.59 Å². The number of amides is 3. The van der Waals surface area contributed by atoms with Crippen LogP contribution in [0, 0.1) is 0 Å². The molecule has 0 aromatic rings. The largest absolute Gasteiger partial charge is 0.444 e. The van der Waals surface area contributed by atoms with Gasteiger partial charge in [0, 0.05) is 25.7 Å². The summed E-state index contributed by atoms with van der Waals surface area (Å²) >= 11 is 0. The van der Waals surface area contributed by atoms with Crippen LogP contribution in [-0.4, -0.2) is 73.3 Å². The Labute approximate surface area is 139 Å². The summed E-state index contributed by atoms with van der Waals surface area (Å²) < 4.78 is 5.33. The second kappa shape index (κ2) is 8.96. The second-order valence-corrected chi connectivity index (χ2v) is 7.04. The Bertz CT molecular complexity index is 387. The van der Waals surface area contributed by atoms with E-state index in [0.717, 1.165) is 25.9 Å². The van der Waals surface area contributed by atoms with Crippen LogP contribution < -0.4 is 10.6 Å². The minimum absolute atomic E-state index is 0.167. The van der Waals surface area contributed by atoms with Crippen molar-refractivity contribution in [1.82, 2.24) is 20.4 Å². The molecule has 0 bridgehead atoms. The van der Waals surface area contributed by atoms with E-state index in [1.165, 1.54) is 0 Å². The predicted molar refractivity (Wildman–Crippen MR) is 90.5 cm³/mol. The minimum atomic E-state index is -0.510. The Morgan fingerprint density at radius 2 is 1.87 bits per heavy atom. The first-order valence-electron chi connectivity index (χ1n) is 8.42. The Morgan fingerprint density at radius 1 is 1.26 bits per heavy atom. The Hall–Kier alpha value is -1.50. The first kappa shape index (κ1) is 19.5. The standard InChI is InChI=1S/C16H32N4O3/c1-6-20(15(22)23-16(2,3)4)12-9-17-14(21)18-13-7-10-19(5)11-8-13/h13H,6-12H2,1-5H3,(H2,17,18,21). The molecular weight excluding hydrogens is 296 g/mol. The van der Waals surface area contributed by atoms with E-state index in [1.54, 1.807) is 4.90 Å². The maximum atomic E-state index is 12.0. The minimum Gasteiger partial charge on any atom is -0.444 e. The SMILES string of the molecule is CCN(CCNC(=O)NC1CCN(C)CC1)C(=O)OC(C)(C)C. The first-order chi connectivity index (χ1) is 10.7. The third kappa shape index (κ3) is 8.06. The molecule has 0 aromatic heterocycles. The zero-order valence-electron chi connectivity index (χ0n) is 15.1. The molecule has 0 atom stereocenters. The van der Waals surface area contributed by atoms with Gasteiger partial charge in [-0.15, -0.1) is 0 Å². The number of carbonyl (C=O) groups is 2. The summed E-state index contributed by atoms with van der Waals surface area (Å²) in [5.41, 5.74) is -0.510. The highest BCUT2D eigenvalue weighted by molar-refractivity contribution is 5.74. The molecule has 2 N–H and O–H groups in total. The fourth-order valence-corrected chi connectivity index (χ4v) is 2.40. The van der Waals surface area contributed by atoms with Crippen molar-refractivity contribution in [3.63, 3.8) is 0 Å². The van der Waals surface area contributed by atoms with E-state index in [1.807, 2.05) is 27.7 Å². The van der Waals surface area contributed by atoms with Crippen molar-refractivity contribution in [1.29, 1.82) is 0 Å². The third-order valence-electron chi connectivity index (χ3n) is 3.75. The number of hydrogen-bond acceptors (Lipinski definition) is 4. The number of likely N-dealkylation sites (tertiary alicyclic amines) is 1. The fourth-order valence-electron chi connectivity index (χ4n) is 2.40. The van der Waals surface area contributed by atoms with Gasteiger partial charge in [0.2, 0.25) is 0 Å². The molecule has 1 heterocycles. The van der Waals surface area contributed by atoms with Gasteiger partial charge in [-0.3, -0.25) is 0 Å². The summed E-state index contributed by atoms with van der Waals surface area (Å²) in [6.45, 7) is 10.8. The molecule has 1 fully saturated rings. The molecule has 1 aliphatic rings. The van der Waals surface area contributed by atoms with E-state index in [-0.39, 0.29) is 18.2 Å². The van der Waals surface area contributed by atoms with E-state index < -0.39 is 5.60 Å². The zero-order valence-corrected chi connectivity index (χ0v) is 15.1. The van der Waals surface area contributed by atoms with Gasteiger partial charge in [0.15, 0.2) is 0 Å². The molecule has 0 aromatic carbocycles. The van der Waals surface area contributed by atoms with Crippen molar-refractivity contribution in [2.24, 2.45) is 0 Å². The summed E-state index contributed by atoms with van der Waals surface area (Å²) in [6, 6.07) is 0.0686. The zero-order chi connectivity index (χ0) is 17.5. The summed E-state index contributed by atoms with van der Waals surface area (Å²) in [6.07, 6.45) is 1.60. The van der Waals surface area contributed by atoms with Crippen molar-refractivity contribution < 1.29 is 14.3 Å². The van der Waals surface area contributed by atoms with Crippen molar-refractivity contribution in [3.05, 3.63) is 0 Å². The first-order valence-corrected chi connectivity index (χ1v) is 8.42. The maximum Gasteiger partial charge on any atom is 0.410 e. The molecule has 7 heteroatoms. The summed E-state index contributed by atoms with van der Waals surface area (Å²) in [4.78, 5) is 27.7. The van der Waals surface area contributed by atoms with Gasteiger partial charge in [0.25, 0.3) is 0 Å². The van der Waals surface area contributed by atoms with Crippen LogP contribution in [0.1, 0.15) is 40.5 Å². The number of ether oxygens (including phenoxy) is 1. The lowest BCUT2D eigenvalue weighted by Crippen LogP contribution is -2.48. The lowest BCUT2D eigenvalue weighted by atomic mass is 10.1. The maximum absolute atomic E-state index is 12.0. The second-order valence-electron chi connectivity index (χ2n) is 7.04. The summed E-state index contributed by atoms with van der Waals surface area (Å²) in [5, 5.41) is 5.80. The van der Waals surface area contributed by atoms with Gasteiger partial charge >= 0.3 is 12.1 Å². The number of urea groups is 1. The van der Waals surface area contributed by atoms with Crippen LogP contribution in [0.15, 0.2) is 0 Å². The molecule has 1 rings (SSSR count). The van der Waals surface area contributed by atoms with Gasteiger partial charge in [-0.05, 0) is 60.7 Å². The molecule has 0 spiro atoms. The van der Waals surface area contributed by atoms with Gasteiger partial charge < -0.3 is 25.2 Å². The normalized spacial score (nSPS) is 16.7. The molecule has 1 aliphatic heterocycles. The van der Waals surface area contributed by atoms with Gasteiger partial charge in [0.05, 0.1) is 0 Å². The molecular formula is C16H32N4O3. The average Bonchev–Trinajstić information content (AvgIpc) is 2.44. The molecule has 3 amide bonds. The number of piperidine rings is 1. The van der Waals surface area contributed by atoms with Crippen molar-refractivity contribution in [2.45, 2.75) is 52.2 Å². The molecule has 0 unspecified atom stereocenters. The van der Waals surface area contributed by atoms with Crippen LogP contribution in [0.3, 0.4) is 0 Å². The van der Waals surface area contributed by atoms with E-state index in [9.17, 15) is 9.59 Å². The molecule has 7 nitrogen and oxygen atoms in total. The average molecular weight is 328 g/mol. The Balaban J connectivity index is 2.25. The highest BCUT2D eigenvalue weighted by Gasteiger charge is 2.21. The Morgan fingerprint density at radius 3 is 2.39 bits per heavy atom. The summed E-state index contributed by atoms with van der Waals surface area (Å²) in [5.74, 6) is 0. The van der Waals surface area contributed by atoms with E-state index in [0.29, 0.717) is 19.6 Å². The monoisotopic (exact) mass is 328 g/mol. The van der Waals surface area contributed by atoms with Crippen LogP contribution >= 0.6 is 0 Å². The predicted octanol–water partition coefficient (Wildman–Crippen LogP) is 1.64. The molecule has 1 saturated heterocycles. The van der Waals surface area contributed by atoms with Crippen LogP contribution in [0.25, 0.3) is 0 Å². The lowest BCUT2D eigenvalue weighted by Gasteiger charge is -2.29. The van der Waals surface area contributed by atoms with Crippen LogP contribution in [0.4, 0.5) is 9.59 Å². The fraction of sp³-hybridized carbons (Fsp3) is 0.875. The van der Waals surface area contributed by atoms with Gasteiger partial charge in [0.1, 0.15) is 5.60 Å². The van der Waals surface area contributed by atoms with Gasteiger partial charge in [-0.1, -0.05) is 0 Å².